The average molecular weight is 321 g/mol. The fourth-order valence-electron chi connectivity index (χ4n) is 3.25. The van der Waals surface area contributed by atoms with Gasteiger partial charge in [-0.05, 0) is 31.2 Å². The Labute approximate surface area is 140 Å². The maximum Gasteiger partial charge on any atom is 0.266 e. The second-order valence-electron chi connectivity index (χ2n) is 5.90. The molecule has 0 bridgehead atoms. The van der Waals surface area contributed by atoms with Crippen LogP contribution in [0.15, 0.2) is 53.3 Å². The SMILES string of the molecule is Cc1nc2ccccc2c(=O)n1-c1ccccc1N1CCOCC1. The third-order valence-corrected chi connectivity index (χ3v) is 4.42. The number of para-hydroxylation sites is 3. The molecule has 0 spiro atoms. The summed E-state index contributed by atoms with van der Waals surface area (Å²) in [7, 11) is 0. The number of aryl methyl sites for hydroxylation is 1. The van der Waals surface area contributed by atoms with E-state index in [0.29, 0.717) is 24.4 Å². The van der Waals surface area contributed by atoms with Crippen LogP contribution in [0, 0.1) is 6.92 Å². The van der Waals surface area contributed by atoms with E-state index in [1.165, 1.54) is 0 Å². The van der Waals surface area contributed by atoms with Crippen LogP contribution in [-0.4, -0.2) is 35.9 Å². The van der Waals surface area contributed by atoms with Gasteiger partial charge in [0.1, 0.15) is 5.82 Å². The van der Waals surface area contributed by atoms with Crippen LogP contribution in [0.25, 0.3) is 16.6 Å². The van der Waals surface area contributed by atoms with Crippen molar-refractivity contribution in [2.24, 2.45) is 0 Å². The van der Waals surface area contributed by atoms with Gasteiger partial charge in [0.15, 0.2) is 0 Å². The van der Waals surface area contributed by atoms with E-state index in [1.807, 2.05) is 49.4 Å². The summed E-state index contributed by atoms with van der Waals surface area (Å²) in [5.41, 5.74) is 2.63. The maximum atomic E-state index is 13.1. The Bertz CT molecular complexity index is 943. The van der Waals surface area contributed by atoms with Crippen LogP contribution >= 0.6 is 0 Å². The number of anilines is 1. The highest BCUT2D eigenvalue weighted by Gasteiger charge is 2.18. The van der Waals surface area contributed by atoms with E-state index in [1.54, 1.807) is 4.57 Å². The summed E-state index contributed by atoms with van der Waals surface area (Å²) in [6, 6.07) is 15.5. The minimum atomic E-state index is -0.0289. The van der Waals surface area contributed by atoms with Crippen molar-refractivity contribution in [1.29, 1.82) is 0 Å². The number of hydrogen-bond acceptors (Lipinski definition) is 4. The van der Waals surface area contributed by atoms with Gasteiger partial charge < -0.3 is 9.64 Å². The Hall–Kier alpha value is -2.66. The van der Waals surface area contributed by atoms with Gasteiger partial charge in [0.05, 0.1) is 35.5 Å². The highest BCUT2D eigenvalue weighted by molar-refractivity contribution is 5.78. The van der Waals surface area contributed by atoms with Crippen LogP contribution in [0.5, 0.6) is 0 Å². The molecule has 2 heterocycles. The number of hydrogen-bond donors (Lipinski definition) is 0. The molecule has 0 radical (unpaired) electrons. The lowest BCUT2D eigenvalue weighted by atomic mass is 10.2. The monoisotopic (exact) mass is 321 g/mol. The molecule has 1 aliphatic heterocycles. The predicted octanol–water partition coefficient (Wildman–Crippen LogP) is 2.53. The lowest BCUT2D eigenvalue weighted by molar-refractivity contribution is 0.122. The Morgan fingerprint density at radius 3 is 2.42 bits per heavy atom. The van der Waals surface area contributed by atoms with E-state index in [-0.39, 0.29) is 5.56 Å². The lowest BCUT2D eigenvalue weighted by Crippen LogP contribution is -2.37. The van der Waals surface area contributed by atoms with E-state index >= 15 is 0 Å². The highest BCUT2D eigenvalue weighted by atomic mass is 16.5. The zero-order chi connectivity index (χ0) is 16.5. The Balaban J connectivity index is 1.94. The largest absolute Gasteiger partial charge is 0.378 e. The highest BCUT2D eigenvalue weighted by Crippen LogP contribution is 2.25. The first kappa shape index (κ1) is 14.9. The summed E-state index contributed by atoms with van der Waals surface area (Å²) in [5.74, 6) is 0.694. The van der Waals surface area contributed by atoms with Crippen molar-refractivity contribution >= 4 is 16.6 Å². The van der Waals surface area contributed by atoms with Crippen LogP contribution in [0.1, 0.15) is 5.82 Å². The van der Waals surface area contributed by atoms with Crippen LogP contribution in [-0.2, 0) is 4.74 Å². The van der Waals surface area contributed by atoms with E-state index in [0.717, 1.165) is 30.0 Å². The standard InChI is InChI=1S/C19H19N3O2/c1-14-20-16-7-3-2-6-15(16)19(23)22(14)18-9-5-4-8-17(18)21-10-12-24-13-11-21/h2-9H,10-13H2,1H3. The van der Waals surface area contributed by atoms with Crippen LogP contribution in [0.3, 0.4) is 0 Å². The van der Waals surface area contributed by atoms with Crippen molar-refractivity contribution in [2.45, 2.75) is 6.92 Å². The summed E-state index contributed by atoms with van der Waals surface area (Å²) in [4.78, 5) is 19.9. The molecule has 1 fully saturated rings. The second kappa shape index (κ2) is 6.09. The average Bonchev–Trinajstić information content (AvgIpc) is 2.63. The number of ether oxygens (including phenoxy) is 1. The molecule has 0 atom stereocenters. The molecule has 0 amide bonds. The molecule has 122 valence electrons. The number of morpholine rings is 1. The number of benzene rings is 2. The zero-order valence-electron chi connectivity index (χ0n) is 13.6. The van der Waals surface area contributed by atoms with Crippen molar-refractivity contribution in [2.75, 3.05) is 31.2 Å². The summed E-state index contributed by atoms with van der Waals surface area (Å²) >= 11 is 0. The Morgan fingerprint density at radius 1 is 0.958 bits per heavy atom. The summed E-state index contributed by atoms with van der Waals surface area (Å²) < 4.78 is 7.16. The first-order chi connectivity index (χ1) is 11.8. The van der Waals surface area contributed by atoms with Crippen molar-refractivity contribution in [3.05, 3.63) is 64.7 Å². The fourth-order valence-corrected chi connectivity index (χ4v) is 3.25. The van der Waals surface area contributed by atoms with Crippen molar-refractivity contribution in [3.63, 3.8) is 0 Å². The van der Waals surface area contributed by atoms with E-state index in [4.69, 9.17) is 4.74 Å². The minimum Gasteiger partial charge on any atom is -0.378 e. The van der Waals surface area contributed by atoms with Gasteiger partial charge >= 0.3 is 0 Å². The molecule has 24 heavy (non-hydrogen) atoms. The van der Waals surface area contributed by atoms with Gasteiger partial charge in [-0.3, -0.25) is 9.36 Å². The Morgan fingerprint density at radius 2 is 1.62 bits per heavy atom. The molecule has 1 aromatic heterocycles. The lowest BCUT2D eigenvalue weighted by Gasteiger charge is -2.31. The van der Waals surface area contributed by atoms with Gasteiger partial charge in [-0.1, -0.05) is 24.3 Å². The first-order valence-electron chi connectivity index (χ1n) is 8.16. The molecule has 1 aliphatic rings. The number of aromatic nitrogens is 2. The van der Waals surface area contributed by atoms with Crippen LogP contribution in [0.4, 0.5) is 5.69 Å². The number of rotatable bonds is 2. The van der Waals surface area contributed by atoms with Gasteiger partial charge in [0, 0.05) is 13.1 Å². The van der Waals surface area contributed by atoms with Crippen LogP contribution < -0.4 is 10.5 Å². The van der Waals surface area contributed by atoms with Gasteiger partial charge in [0.25, 0.3) is 5.56 Å². The topological polar surface area (TPSA) is 47.4 Å². The van der Waals surface area contributed by atoms with Gasteiger partial charge in [-0.15, -0.1) is 0 Å². The van der Waals surface area contributed by atoms with Gasteiger partial charge in [-0.2, -0.15) is 0 Å². The summed E-state index contributed by atoms with van der Waals surface area (Å²) in [6.07, 6.45) is 0. The van der Waals surface area contributed by atoms with E-state index in [9.17, 15) is 4.79 Å². The second-order valence-corrected chi connectivity index (χ2v) is 5.90. The predicted molar refractivity (Wildman–Crippen MR) is 95.1 cm³/mol. The van der Waals surface area contributed by atoms with Gasteiger partial charge in [-0.25, -0.2) is 4.98 Å². The molecular weight excluding hydrogens is 302 g/mol. The Kier molecular flexibility index (Phi) is 3.78. The quantitative estimate of drug-likeness (QED) is 0.728. The zero-order valence-corrected chi connectivity index (χ0v) is 13.6. The molecule has 4 rings (SSSR count). The first-order valence-corrected chi connectivity index (χ1v) is 8.16. The molecule has 0 saturated carbocycles. The third kappa shape index (κ3) is 2.47. The molecule has 0 unspecified atom stereocenters. The molecule has 2 aromatic carbocycles. The van der Waals surface area contributed by atoms with Crippen molar-refractivity contribution in [1.82, 2.24) is 9.55 Å². The van der Waals surface area contributed by atoms with E-state index in [2.05, 4.69) is 16.0 Å². The third-order valence-electron chi connectivity index (χ3n) is 4.42. The number of fused-ring (bicyclic) bond motifs is 1. The molecule has 3 aromatic rings. The van der Waals surface area contributed by atoms with Crippen molar-refractivity contribution in [3.8, 4) is 5.69 Å². The van der Waals surface area contributed by atoms with E-state index < -0.39 is 0 Å². The molecule has 5 heteroatoms. The van der Waals surface area contributed by atoms with Crippen molar-refractivity contribution < 1.29 is 4.74 Å². The summed E-state index contributed by atoms with van der Waals surface area (Å²) in [5, 5.41) is 0.639. The molecular formula is C19H19N3O2. The molecule has 0 N–H and O–H groups in total. The normalized spacial score (nSPS) is 15.0. The minimum absolute atomic E-state index is 0.0289. The maximum absolute atomic E-state index is 13.1. The summed E-state index contributed by atoms with van der Waals surface area (Å²) in [6.45, 7) is 4.94. The van der Waals surface area contributed by atoms with Crippen LogP contribution in [0.2, 0.25) is 0 Å². The molecule has 5 nitrogen and oxygen atoms in total. The molecule has 1 saturated heterocycles. The van der Waals surface area contributed by atoms with Gasteiger partial charge in [0.2, 0.25) is 0 Å². The smallest absolute Gasteiger partial charge is 0.266 e. The molecule has 0 aliphatic carbocycles. The fraction of sp³-hybridized carbons (Fsp3) is 0.263. The number of nitrogens with zero attached hydrogens (tertiary/aromatic N) is 3.